The molecule has 1 atom stereocenters. The number of rotatable bonds is 6. The Balaban J connectivity index is 2.03. The van der Waals surface area contributed by atoms with E-state index >= 15 is 0 Å². The van der Waals surface area contributed by atoms with E-state index in [0.717, 1.165) is 11.1 Å². The van der Waals surface area contributed by atoms with Crippen LogP contribution in [0.2, 0.25) is 0 Å². The van der Waals surface area contributed by atoms with Gasteiger partial charge >= 0.3 is 0 Å². The summed E-state index contributed by atoms with van der Waals surface area (Å²) in [7, 11) is 0. The van der Waals surface area contributed by atoms with Crippen LogP contribution in [0.5, 0.6) is 5.75 Å². The van der Waals surface area contributed by atoms with Crippen LogP contribution < -0.4 is 15.8 Å². The number of benzene rings is 2. The van der Waals surface area contributed by atoms with Crippen molar-refractivity contribution < 1.29 is 9.53 Å². The normalized spacial score (nSPS) is 11.8. The van der Waals surface area contributed by atoms with Crippen molar-refractivity contribution >= 4 is 11.6 Å². The Morgan fingerprint density at radius 3 is 2.64 bits per heavy atom. The molecule has 0 fully saturated rings. The van der Waals surface area contributed by atoms with E-state index < -0.39 is 0 Å². The van der Waals surface area contributed by atoms with Gasteiger partial charge in [-0.2, -0.15) is 0 Å². The van der Waals surface area contributed by atoms with E-state index in [9.17, 15) is 4.79 Å². The molecular formula is C18H22N2O2. The zero-order chi connectivity index (χ0) is 15.9. The summed E-state index contributed by atoms with van der Waals surface area (Å²) in [5.74, 6) is 0.560. The van der Waals surface area contributed by atoms with Gasteiger partial charge in [-0.1, -0.05) is 36.4 Å². The molecule has 2 aromatic rings. The quantitative estimate of drug-likeness (QED) is 0.859. The number of ether oxygens (including phenoxy) is 1. The number of aryl methyl sites for hydroxylation is 1. The summed E-state index contributed by atoms with van der Waals surface area (Å²) in [6.45, 7) is 4.45. The second-order valence-electron chi connectivity index (χ2n) is 5.20. The standard InChI is InChI=1S/C18H22N2O2/c1-3-22-17-11-13(2)9-10-16(17)20-18(21)12-15(19)14-7-5-4-6-8-14/h4-11,15H,3,12,19H2,1-2H3,(H,20,21). The molecule has 0 aliphatic heterocycles. The van der Waals surface area contributed by atoms with Crippen molar-refractivity contribution in [2.45, 2.75) is 26.3 Å². The van der Waals surface area contributed by atoms with Crippen molar-refractivity contribution in [3.63, 3.8) is 0 Å². The van der Waals surface area contributed by atoms with Gasteiger partial charge in [-0.25, -0.2) is 0 Å². The summed E-state index contributed by atoms with van der Waals surface area (Å²) in [6, 6.07) is 15.0. The maximum atomic E-state index is 12.2. The first-order chi connectivity index (χ1) is 10.6. The molecule has 2 rings (SSSR count). The van der Waals surface area contributed by atoms with E-state index in [2.05, 4.69) is 5.32 Å². The Hall–Kier alpha value is -2.33. The summed E-state index contributed by atoms with van der Waals surface area (Å²) in [6.07, 6.45) is 0.226. The average molecular weight is 298 g/mol. The lowest BCUT2D eigenvalue weighted by Crippen LogP contribution is -2.20. The molecule has 116 valence electrons. The van der Waals surface area contributed by atoms with E-state index in [4.69, 9.17) is 10.5 Å². The van der Waals surface area contributed by atoms with Crippen LogP contribution in [0, 0.1) is 6.92 Å². The lowest BCUT2D eigenvalue weighted by atomic mass is 10.0. The third kappa shape index (κ3) is 4.33. The van der Waals surface area contributed by atoms with Crippen LogP contribution in [0.1, 0.15) is 30.5 Å². The van der Waals surface area contributed by atoms with Crippen molar-refractivity contribution in [2.24, 2.45) is 5.73 Å². The molecule has 2 aromatic carbocycles. The van der Waals surface area contributed by atoms with Crippen LogP contribution >= 0.6 is 0 Å². The van der Waals surface area contributed by atoms with Gasteiger partial charge in [-0.05, 0) is 37.1 Å². The lowest BCUT2D eigenvalue weighted by Gasteiger charge is -2.15. The second kappa shape index (κ2) is 7.61. The Morgan fingerprint density at radius 2 is 1.95 bits per heavy atom. The molecule has 0 aromatic heterocycles. The van der Waals surface area contributed by atoms with Crippen molar-refractivity contribution in [2.75, 3.05) is 11.9 Å². The summed E-state index contributed by atoms with van der Waals surface area (Å²) in [5.41, 5.74) is 8.79. The molecule has 0 heterocycles. The summed E-state index contributed by atoms with van der Waals surface area (Å²) in [4.78, 5) is 12.2. The molecule has 1 unspecified atom stereocenters. The minimum Gasteiger partial charge on any atom is -0.492 e. The Kier molecular flexibility index (Phi) is 5.55. The molecule has 22 heavy (non-hydrogen) atoms. The van der Waals surface area contributed by atoms with E-state index in [1.165, 1.54) is 0 Å². The highest BCUT2D eigenvalue weighted by Crippen LogP contribution is 2.26. The average Bonchev–Trinajstić information content (AvgIpc) is 2.51. The smallest absolute Gasteiger partial charge is 0.226 e. The molecule has 0 spiro atoms. The van der Waals surface area contributed by atoms with Crippen LogP contribution in [0.25, 0.3) is 0 Å². The summed E-state index contributed by atoms with van der Waals surface area (Å²) in [5, 5.41) is 2.88. The zero-order valence-corrected chi connectivity index (χ0v) is 13.0. The maximum absolute atomic E-state index is 12.2. The van der Waals surface area contributed by atoms with Gasteiger partial charge in [0.05, 0.1) is 12.3 Å². The fraction of sp³-hybridized carbons (Fsp3) is 0.278. The first-order valence-corrected chi connectivity index (χ1v) is 7.44. The number of amides is 1. The van der Waals surface area contributed by atoms with Crippen molar-refractivity contribution in [1.29, 1.82) is 0 Å². The van der Waals surface area contributed by atoms with E-state index in [0.29, 0.717) is 18.0 Å². The van der Waals surface area contributed by atoms with Crippen molar-refractivity contribution in [3.05, 3.63) is 59.7 Å². The van der Waals surface area contributed by atoms with Crippen LogP contribution in [-0.2, 0) is 4.79 Å². The van der Waals surface area contributed by atoms with Crippen LogP contribution in [0.4, 0.5) is 5.69 Å². The number of anilines is 1. The van der Waals surface area contributed by atoms with Gasteiger partial charge in [-0.3, -0.25) is 4.79 Å². The van der Waals surface area contributed by atoms with Crippen molar-refractivity contribution in [1.82, 2.24) is 0 Å². The molecule has 0 radical (unpaired) electrons. The minimum atomic E-state index is -0.317. The SMILES string of the molecule is CCOc1cc(C)ccc1NC(=O)CC(N)c1ccccc1. The predicted molar refractivity (Wildman–Crippen MR) is 89.0 cm³/mol. The molecule has 4 nitrogen and oxygen atoms in total. The summed E-state index contributed by atoms with van der Waals surface area (Å²) < 4.78 is 5.56. The molecule has 0 saturated carbocycles. The molecule has 1 amide bonds. The van der Waals surface area contributed by atoms with Crippen LogP contribution in [0.3, 0.4) is 0 Å². The molecule has 4 heteroatoms. The minimum absolute atomic E-state index is 0.124. The summed E-state index contributed by atoms with van der Waals surface area (Å²) >= 11 is 0. The van der Waals surface area contributed by atoms with E-state index in [1.54, 1.807) is 0 Å². The zero-order valence-electron chi connectivity index (χ0n) is 13.0. The van der Waals surface area contributed by atoms with Gasteiger partial charge in [-0.15, -0.1) is 0 Å². The van der Waals surface area contributed by atoms with Gasteiger partial charge in [0.25, 0.3) is 0 Å². The number of nitrogens with one attached hydrogen (secondary N) is 1. The number of hydrogen-bond donors (Lipinski definition) is 2. The number of hydrogen-bond acceptors (Lipinski definition) is 3. The van der Waals surface area contributed by atoms with Gasteiger partial charge in [0.1, 0.15) is 5.75 Å². The van der Waals surface area contributed by atoms with E-state index in [-0.39, 0.29) is 18.4 Å². The third-order valence-corrected chi connectivity index (χ3v) is 3.34. The van der Waals surface area contributed by atoms with Gasteiger partial charge in [0.2, 0.25) is 5.91 Å². The fourth-order valence-electron chi connectivity index (χ4n) is 2.23. The Morgan fingerprint density at radius 1 is 1.23 bits per heavy atom. The molecule has 0 bridgehead atoms. The highest BCUT2D eigenvalue weighted by Gasteiger charge is 2.13. The Bertz CT molecular complexity index is 626. The van der Waals surface area contributed by atoms with Gasteiger partial charge in [0.15, 0.2) is 0 Å². The molecule has 0 aliphatic rings. The molecule has 0 aliphatic carbocycles. The number of carbonyl (C=O) groups is 1. The van der Waals surface area contributed by atoms with Gasteiger partial charge < -0.3 is 15.8 Å². The van der Waals surface area contributed by atoms with Crippen LogP contribution in [0.15, 0.2) is 48.5 Å². The molecule has 0 saturated heterocycles. The van der Waals surface area contributed by atoms with E-state index in [1.807, 2.05) is 62.4 Å². The Labute approximate surface area is 131 Å². The molecule has 3 N–H and O–H groups in total. The second-order valence-corrected chi connectivity index (χ2v) is 5.20. The third-order valence-electron chi connectivity index (χ3n) is 3.34. The predicted octanol–water partition coefficient (Wildman–Crippen LogP) is 3.42. The highest BCUT2D eigenvalue weighted by atomic mass is 16.5. The molecular weight excluding hydrogens is 276 g/mol. The largest absolute Gasteiger partial charge is 0.492 e. The number of carbonyl (C=O) groups excluding carboxylic acids is 1. The fourth-order valence-corrected chi connectivity index (χ4v) is 2.23. The monoisotopic (exact) mass is 298 g/mol. The van der Waals surface area contributed by atoms with Crippen LogP contribution in [-0.4, -0.2) is 12.5 Å². The van der Waals surface area contributed by atoms with Crippen molar-refractivity contribution in [3.8, 4) is 5.75 Å². The highest BCUT2D eigenvalue weighted by molar-refractivity contribution is 5.92. The maximum Gasteiger partial charge on any atom is 0.226 e. The van der Waals surface area contributed by atoms with Gasteiger partial charge in [0, 0.05) is 12.5 Å². The number of nitrogens with two attached hydrogens (primary N) is 1. The first kappa shape index (κ1) is 16.0. The topological polar surface area (TPSA) is 64.3 Å². The lowest BCUT2D eigenvalue weighted by molar-refractivity contribution is -0.116. The first-order valence-electron chi connectivity index (χ1n) is 7.44.